The maximum atomic E-state index is 13.0. The first-order valence-electron chi connectivity index (χ1n) is 5.70. The fourth-order valence-electron chi connectivity index (χ4n) is 1.80. The maximum absolute atomic E-state index is 13.0. The molecule has 0 amide bonds. The Morgan fingerprint density at radius 3 is 2.47 bits per heavy atom. The molecule has 98 valence electrons. The van der Waals surface area contributed by atoms with Crippen LogP contribution in [0.15, 0.2) is 36.4 Å². The lowest BCUT2D eigenvalue weighted by Gasteiger charge is -2.06. The Kier molecular flexibility index (Phi) is 4.23. The molecule has 1 nitrogen and oxygen atoms in total. The predicted molar refractivity (Wildman–Crippen MR) is 75.6 cm³/mol. The number of hydrogen-bond donors (Lipinski definition) is 0. The Morgan fingerprint density at radius 2 is 1.84 bits per heavy atom. The van der Waals surface area contributed by atoms with E-state index in [0.29, 0.717) is 15.6 Å². The minimum absolute atomic E-state index is 0.0757. The molecule has 0 unspecified atom stereocenters. The Morgan fingerprint density at radius 1 is 1.11 bits per heavy atom. The van der Waals surface area contributed by atoms with E-state index in [1.807, 2.05) is 0 Å². The molecular formula is C15H11Cl2FO. The zero-order chi connectivity index (χ0) is 14.0. The van der Waals surface area contributed by atoms with E-state index in [1.54, 1.807) is 31.2 Å². The Balaban J connectivity index is 2.23. The van der Waals surface area contributed by atoms with Crippen LogP contribution in [0.5, 0.6) is 0 Å². The lowest BCUT2D eigenvalue weighted by atomic mass is 9.99. The van der Waals surface area contributed by atoms with E-state index in [1.165, 1.54) is 12.1 Å². The smallest absolute Gasteiger partial charge is 0.167 e. The van der Waals surface area contributed by atoms with Gasteiger partial charge in [0.15, 0.2) is 5.78 Å². The van der Waals surface area contributed by atoms with Crippen LogP contribution in [0.25, 0.3) is 0 Å². The summed E-state index contributed by atoms with van der Waals surface area (Å²) in [5.74, 6) is -0.378. The van der Waals surface area contributed by atoms with Crippen LogP contribution in [-0.4, -0.2) is 5.78 Å². The molecule has 2 rings (SSSR count). The summed E-state index contributed by atoms with van der Waals surface area (Å²) in [5.41, 5.74) is 2.06. The summed E-state index contributed by atoms with van der Waals surface area (Å²) in [7, 11) is 0. The number of halogens is 3. The SMILES string of the molecule is Cc1cc(F)ccc1CC(=O)c1ccc(Cl)c(Cl)c1. The van der Waals surface area contributed by atoms with E-state index in [-0.39, 0.29) is 18.0 Å². The van der Waals surface area contributed by atoms with E-state index in [9.17, 15) is 9.18 Å². The number of benzene rings is 2. The van der Waals surface area contributed by atoms with Crippen LogP contribution >= 0.6 is 23.2 Å². The maximum Gasteiger partial charge on any atom is 0.167 e. The van der Waals surface area contributed by atoms with Crippen LogP contribution in [0.2, 0.25) is 10.0 Å². The van der Waals surface area contributed by atoms with Gasteiger partial charge in [0, 0.05) is 12.0 Å². The first kappa shape index (κ1) is 14.0. The summed E-state index contributed by atoms with van der Waals surface area (Å²) in [6.07, 6.45) is 0.212. The van der Waals surface area contributed by atoms with Gasteiger partial charge in [0.25, 0.3) is 0 Å². The molecule has 0 atom stereocenters. The number of carbonyl (C=O) groups excluding carboxylic acids is 1. The third-order valence-corrected chi connectivity index (χ3v) is 3.64. The largest absolute Gasteiger partial charge is 0.294 e. The molecule has 0 bridgehead atoms. The van der Waals surface area contributed by atoms with Gasteiger partial charge in [-0.15, -0.1) is 0 Å². The van der Waals surface area contributed by atoms with Crippen LogP contribution in [0, 0.1) is 12.7 Å². The van der Waals surface area contributed by atoms with Crippen LogP contribution in [0.4, 0.5) is 4.39 Å². The lowest BCUT2D eigenvalue weighted by molar-refractivity contribution is 0.0992. The number of ketones is 1. The molecule has 0 aliphatic heterocycles. The molecule has 4 heteroatoms. The molecule has 0 aliphatic rings. The van der Waals surface area contributed by atoms with Gasteiger partial charge in [-0.3, -0.25) is 4.79 Å². The van der Waals surface area contributed by atoms with Crippen LogP contribution in [0.3, 0.4) is 0 Å². The van der Waals surface area contributed by atoms with E-state index < -0.39 is 0 Å². The minimum Gasteiger partial charge on any atom is -0.294 e. The Labute approximate surface area is 121 Å². The van der Waals surface area contributed by atoms with Gasteiger partial charge in [-0.1, -0.05) is 29.3 Å². The van der Waals surface area contributed by atoms with E-state index in [4.69, 9.17) is 23.2 Å². The average Bonchev–Trinajstić information content (AvgIpc) is 2.36. The fourth-order valence-corrected chi connectivity index (χ4v) is 2.10. The van der Waals surface area contributed by atoms with Crippen molar-refractivity contribution in [2.24, 2.45) is 0 Å². The molecule has 2 aromatic carbocycles. The second-order valence-electron chi connectivity index (χ2n) is 4.30. The van der Waals surface area contributed by atoms with Gasteiger partial charge >= 0.3 is 0 Å². The summed E-state index contributed by atoms with van der Waals surface area (Å²) in [5, 5.41) is 0.763. The molecular weight excluding hydrogens is 286 g/mol. The molecule has 2 aromatic rings. The van der Waals surface area contributed by atoms with E-state index in [0.717, 1.165) is 11.1 Å². The molecule has 0 spiro atoms. The first-order chi connectivity index (χ1) is 8.97. The topological polar surface area (TPSA) is 17.1 Å². The van der Waals surface area contributed by atoms with Crippen molar-refractivity contribution in [1.29, 1.82) is 0 Å². The van der Waals surface area contributed by atoms with E-state index >= 15 is 0 Å². The van der Waals surface area contributed by atoms with Crippen molar-refractivity contribution < 1.29 is 9.18 Å². The number of Topliss-reactive ketones (excluding diaryl/α,β-unsaturated/α-hetero) is 1. The third kappa shape index (κ3) is 3.34. The molecule has 0 fully saturated rings. The highest BCUT2D eigenvalue weighted by Gasteiger charge is 2.11. The van der Waals surface area contributed by atoms with Gasteiger partial charge in [0.05, 0.1) is 10.0 Å². The highest BCUT2D eigenvalue weighted by molar-refractivity contribution is 6.42. The van der Waals surface area contributed by atoms with Crippen molar-refractivity contribution >= 4 is 29.0 Å². The summed E-state index contributed by atoms with van der Waals surface area (Å²) < 4.78 is 13.0. The molecule has 0 radical (unpaired) electrons. The van der Waals surface area contributed by atoms with Gasteiger partial charge in [-0.2, -0.15) is 0 Å². The van der Waals surface area contributed by atoms with Crippen molar-refractivity contribution in [3.63, 3.8) is 0 Å². The summed E-state index contributed by atoms with van der Waals surface area (Å²) in [6.45, 7) is 1.78. The van der Waals surface area contributed by atoms with Gasteiger partial charge in [0.1, 0.15) is 5.82 Å². The first-order valence-corrected chi connectivity index (χ1v) is 6.46. The predicted octanol–water partition coefficient (Wildman–Crippen LogP) is 4.87. The molecule has 0 N–H and O–H groups in total. The summed E-state index contributed by atoms with van der Waals surface area (Å²) in [6, 6.07) is 9.16. The highest BCUT2D eigenvalue weighted by atomic mass is 35.5. The van der Waals surface area contributed by atoms with Crippen LogP contribution < -0.4 is 0 Å². The normalized spacial score (nSPS) is 10.5. The molecule has 0 aromatic heterocycles. The van der Waals surface area contributed by atoms with Crippen molar-refractivity contribution in [2.75, 3.05) is 0 Å². The van der Waals surface area contributed by atoms with Gasteiger partial charge in [-0.05, 0) is 48.4 Å². The van der Waals surface area contributed by atoms with Crippen molar-refractivity contribution in [3.8, 4) is 0 Å². The van der Waals surface area contributed by atoms with Crippen LogP contribution in [0.1, 0.15) is 21.5 Å². The molecule has 19 heavy (non-hydrogen) atoms. The van der Waals surface area contributed by atoms with Crippen molar-refractivity contribution in [2.45, 2.75) is 13.3 Å². The quantitative estimate of drug-likeness (QED) is 0.739. The Hall–Kier alpha value is -1.38. The molecule has 0 saturated heterocycles. The zero-order valence-corrected chi connectivity index (χ0v) is 11.7. The summed E-state index contributed by atoms with van der Waals surface area (Å²) >= 11 is 11.7. The lowest BCUT2D eigenvalue weighted by Crippen LogP contribution is -2.05. The second kappa shape index (κ2) is 5.72. The number of aryl methyl sites for hydroxylation is 1. The number of carbonyl (C=O) groups is 1. The zero-order valence-electron chi connectivity index (χ0n) is 10.2. The number of rotatable bonds is 3. The van der Waals surface area contributed by atoms with Gasteiger partial charge < -0.3 is 0 Å². The monoisotopic (exact) mass is 296 g/mol. The van der Waals surface area contributed by atoms with Crippen molar-refractivity contribution in [1.82, 2.24) is 0 Å². The van der Waals surface area contributed by atoms with Crippen molar-refractivity contribution in [3.05, 3.63) is 69.0 Å². The highest BCUT2D eigenvalue weighted by Crippen LogP contribution is 2.23. The standard InChI is InChI=1S/C15H11Cl2FO/c1-9-6-12(18)4-2-10(9)8-15(19)11-3-5-13(16)14(17)7-11/h2-7H,8H2,1H3. The second-order valence-corrected chi connectivity index (χ2v) is 5.11. The van der Waals surface area contributed by atoms with E-state index in [2.05, 4.69) is 0 Å². The summed E-state index contributed by atoms with van der Waals surface area (Å²) in [4.78, 5) is 12.1. The van der Waals surface area contributed by atoms with Gasteiger partial charge in [0.2, 0.25) is 0 Å². The third-order valence-electron chi connectivity index (χ3n) is 2.90. The minimum atomic E-state index is -0.303. The average molecular weight is 297 g/mol. The molecule has 0 aliphatic carbocycles. The fraction of sp³-hybridized carbons (Fsp3) is 0.133. The Bertz CT molecular complexity index is 638. The van der Waals surface area contributed by atoms with Gasteiger partial charge in [-0.25, -0.2) is 4.39 Å². The van der Waals surface area contributed by atoms with Crippen LogP contribution in [-0.2, 0) is 6.42 Å². The number of hydrogen-bond acceptors (Lipinski definition) is 1. The molecule has 0 saturated carbocycles. The molecule has 0 heterocycles.